The lowest BCUT2D eigenvalue weighted by Gasteiger charge is -2.07. The number of rotatable bonds is 4. The van der Waals surface area contributed by atoms with E-state index in [9.17, 15) is 4.79 Å². The molecule has 0 aromatic carbocycles. The van der Waals surface area contributed by atoms with Crippen molar-refractivity contribution in [1.82, 2.24) is 19.6 Å². The molecule has 0 saturated heterocycles. The van der Waals surface area contributed by atoms with Crippen LogP contribution in [0.15, 0.2) is 10.7 Å². The van der Waals surface area contributed by atoms with Gasteiger partial charge in [0.05, 0.1) is 33.4 Å². The molecule has 7 heteroatoms. The molecule has 0 radical (unpaired) electrons. The van der Waals surface area contributed by atoms with Crippen molar-refractivity contribution in [1.29, 1.82) is 0 Å². The highest BCUT2D eigenvalue weighted by atomic mass is 79.9. The maximum absolute atomic E-state index is 12.1. The molecule has 0 atom stereocenters. The molecule has 0 spiro atoms. The second kappa shape index (κ2) is 5.78. The highest BCUT2D eigenvalue weighted by Gasteiger charge is 2.13. The van der Waals surface area contributed by atoms with Gasteiger partial charge in [0.15, 0.2) is 0 Å². The molecule has 0 bridgehead atoms. The molecule has 2 aromatic heterocycles. The lowest BCUT2D eigenvalue weighted by molar-refractivity contribution is -0.116. The smallest absolute Gasteiger partial charge is 0.246 e. The zero-order chi connectivity index (χ0) is 14.9. The van der Waals surface area contributed by atoms with E-state index in [0.29, 0.717) is 0 Å². The van der Waals surface area contributed by atoms with Gasteiger partial charge in [0.2, 0.25) is 5.91 Å². The van der Waals surface area contributed by atoms with Crippen LogP contribution >= 0.6 is 15.9 Å². The highest BCUT2D eigenvalue weighted by Crippen LogP contribution is 2.20. The van der Waals surface area contributed by atoms with Gasteiger partial charge in [-0.25, -0.2) is 0 Å². The lowest BCUT2D eigenvalue weighted by atomic mass is 10.3. The second-order valence-corrected chi connectivity index (χ2v) is 5.44. The molecule has 108 valence electrons. The van der Waals surface area contributed by atoms with Crippen molar-refractivity contribution in [2.24, 2.45) is 0 Å². The number of hydrogen-bond acceptors (Lipinski definition) is 3. The zero-order valence-corrected chi connectivity index (χ0v) is 13.7. The highest BCUT2D eigenvalue weighted by molar-refractivity contribution is 9.10. The van der Waals surface area contributed by atoms with Crippen molar-refractivity contribution >= 4 is 27.5 Å². The first-order valence-corrected chi connectivity index (χ1v) is 7.25. The Morgan fingerprint density at radius 1 is 1.30 bits per heavy atom. The Balaban J connectivity index is 2.09. The first-order chi connectivity index (χ1) is 9.43. The summed E-state index contributed by atoms with van der Waals surface area (Å²) in [5.41, 5.74) is 3.52. The van der Waals surface area contributed by atoms with Gasteiger partial charge in [0.25, 0.3) is 0 Å². The fourth-order valence-corrected chi connectivity index (χ4v) is 2.33. The van der Waals surface area contributed by atoms with E-state index in [0.717, 1.165) is 33.8 Å². The van der Waals surface area contributed by atoms with Crippen LogP contribution in [0, 0.1) is 20.8 Å². The van der Waals surface area contributed by atoms with Gasteiger partial charge < -0.3 is 5.32 Å². The van der Waals surface area contributed by atoms with Gasteiger partial charge >= 0.3 is 0 Å². The Bertz CT molecular complexity index is 643. The Hall–Kier alpha value is -1.63. The Labute approximate surface area is 126 Å². The van der Waals surface area contributed by atoms with E-state index in [1.165, 1.54) is 0 Å². The second-order valence-electron chi connectivity index (χ2n) is 4.65. The number of carbonyl (C=O) groups is 1. The Morgan fingerprint density at radius 3 is 2.50 bits per heavy atom. The third-order valence-electron chi connectivity index (χ3n) is 3.26. The maximum atomic E-state index is 12.1. The molecule has 2 rings (SSSR count). The predicted molar refractivity (Wildman–Crippen MR) is 80.7 cm³/mol. The first-order valence-electron chi connectivity index (χ1n) is 6.45. The minimum atomic E-state index is -0.109. The number of carbonyl (C=O) groups excluding carboxylic acids is 1. The number of halogens is 1. The quantitative estimate of drug-likeness (QED) is 0.930. The van der Waals surface area contributed by atoms with E-state index in [4.69, 9.17) is 0 Å². The third-order valence-corrected chi connectivity index (χ3v) is 4.41. The zero-order valence-electron chi connectivity index (χ0n) is 12.1. The van der Waals surface area contributed by atoms with Crippen molar-refractivity contribution in [3.8, 4) is 0 Å². The Kier molecular flexibility index (Phi) is 4.27. The molecule has 0 fully saturated rings. The van der Waals surface area contributed by atoms with Crippen molar-refractivity contribution in [2.45, 2.75) is 40.8 Å². The maximum Gasteiger partial charge on any atom is 0.246 e. The first kappa shape index (κ1) is 14.8. The van der Waals surface area contributed by atoms with E-state index in [2.05, 4.69) is 31.4 Å². The average molecular weight is 340 g/mol. The molecule has 2 heterocycles. The van der Waals surface area contributed by atoms with E-state index in [-0.39, 0.29) is 12.5 Å². The monoisotopic (exact) mass is 339 g/mol. The topological polar surface area (TPSA) is 64.7 Å². The number of nitrogens with zero attached hydrogens (tertiary/aromatic N) is 4. The minimum Gasteiger partial charge on any atom is -0.322 e. The molecular weight excluding hydrogens is 322 g/mol. The van der Waals surface area contributed by atoms with Crippen LogP contribution in [0.4, 0.5) is 5.69 Å². The summed E-state index contributed by atoms with van der Waals surface area (Å²) < 4.78 is 4.48. The number of aryl methyl sites for hydroxylation is 2. The fraction of sp³-hybridized carbons (Fsp3) is 0.462. The summed E-state index contributed by atoms with van der Waals surface area (Å²) in [5.74, 6) is -0.109. The standard InChI is InChI=1S/C13H18BrN5O/c1-5-18-9(3)11(6-15-18)16-12(20)7-19-10(4)13(14)8(2)17-19/h6H,5,7H2,1-4H3,(H,16,20). The van der Waals surface area contributed by atoms with Gasteiger partial charge in [-0.1, -0.05) is 0 Å². The summed E-state index contributed by atoms with van der Waals surface area (Å²) in [7, 11) is 0. The largest absolute Gasteiger partial charge is 0.322 e. The van der Waals surface area contributed by atoms with Crippen molar-refractivity contribution in [3.63, 3.8) is 0 Å². The molecule has 0 aliphatic heterocycles. The van der Waals surface area contributed by atoms with Crippen LogP contribution < -0.4 is 5.32 Å². The molecule has 0 saturated carbocycles. The normalized spacial score (nSPS) is 10.8. The van der Waals surface area contributed by atoms with Crippen molar-refractivity contribution < 1.29 is 4.79 Å². The SMILES string of the molecule is CCn1ncc(NC(=O)Cn2nc(C)c(Br)c2C)c1C. The van der Waals surface area contributed by atoms with E-state index in [1.807, 2.05) is 32.4 Å². The molecule has 0 aliphatic carbocycles. The van der Waals surface area contributed by atoms with Crippen LogP contribution in [-0.2, 0) is 17.9 Å². The third kappa shape index (κ3) is 2.77. The van der Waals surface area contributed by atoms with Crippen molar-refractivity contribution in [3.05, 3.63) is 27.8 Å². The average Bonchev–Trinajstić information content (AvgIpc) is 2.86. The molecular formula is C13H18BrN5O. The van der Waals surface area contributed by atoms with Gasteiger partial charge in [-0.15, -0.1) is 0 Å². The predicted octanol–water partition coefficient (Wildman–Crippen LogP) is 2.43. The molecule has 0 unspecified atom stereocenters. The van der Waals surface area contributed by atoms with E-state index in [1.54, 1.807) is 10.9 Å². The molecule has 0 aliphatic rings. The van der Waals surface area contributed by atoms with Gasteiger partial charge in [-0.2, -0.15) is 10.2 Å². The number of hydrogen-bond donors (Lipinski definition) is 1. The number of nitrogens with one attached hydrogen (secondary N) is 1. The van der Waals surface area contributed by atoms with Gasteiger partial charge in [0, 0.05) is 6.54 Å². The summed E-state index contributed by atoms with van der Waals surface area (Å²) in [6.45, 7) is 8.75. The van der Waals surface area contributed by atoms with E-state index >= 15 is 0 Å². The van der Waals surface area contributed by atoms with Crippen LogP contribution in [0.1, 0.15) is 24.0 Å². The lowest BCUT2D eigenvalue weighted by Crippen LogP contribution is -2.20. The summed E-state index contributed by atoms with van der Waals surface area (Å²) in [6, 6.07) is 0. The molecule has 1 N–H and O–H groups in total. The van der Waals surface area contributed by atoms with Crippen LogP contribution in [0.5, 0.6) is 0 Å². The van der Waals surface area contributed by atoms with Gasteiger partial charge in [0.1, 0.15) is 6.54 Å². The summed E-state index contributed by atoms with van der Waals surface area (Å²) in [5, 5.41) is 11.4. The summed E-state index contributed by atoms with van der Waals surface area (Å²) >= 11 is 3.45. The van der Waals surface area contributed by atoms with E-state index < -0.39 is 0 Å². The van der Waals surface area contributed by atoms with Gasteiger partial charge in [-0.05, 0) is 43.6 Å². The minimum absolute atomic E-state index is 0.109. The molecule has 2 aromatic rings. The van der Waals surface area contributed by atoms with Crippen LogP contribution in [-0.4, -0.2) is 25.5 Å². The number of anilines is 1. The summed E-state index contributed by atoms with van der Waals surface area (Å²) in [6.07, 6.45) is 1.67. The number of aromatic nitrogens is 4. The fourth-order valence-electron chi connectivity index (χ4n) is 2.04. The molecule has 6 nitrogen and oxygen atoms in total. The van der Waals surface area contributed by atoms with Crippen LogP contribution in [0.2, 0.25) is 0 Å². The molecule has 20 heavy (non-hydrogen) atoms. The van der Waals surface area contributed by atoms with Gasteiger partial charge in [-0.3, -0.25) is 14.2 Å². The Morgan fingerprint density at radius 2 is 2.00 bits per heavy atom. The van der Waals surface area contributed by atoms with Crippen molar-refractivity contribution in [2.75, 3.05) is 5.32 Å². The van der Waals surface area contributed by atoms with Crippen LogP contribution in [0.25, 0.3) is 0 Å². The number of amides is 1. The molecule has 1 amide bonds. The van der Waals surface area contributed by atoms with Crippen LogP contribution in [0.3, 0.4) is 0 Å². The summed E-state index contributed by atoms with van der Waals surface area (Å²) in [4.78, 5) is 12.1.